The lowest BCUT2D eigenvalue weighted by molar-refractivity contribution is -0.117. The average Bonchev–Trinajstić information content (AvgIpc) is 3.15. The number of nitrogens with zero attached hydrogens (tertiary/aromatic N) is 2. The van der Waals surface area contributed by atoms with Gasteiger partial charge in [-0.1, -0.05) is 12.1 Å². The van der Waals surface area contributed by atoms with Crippen molar-refractivity contribution in [3.63, 3.8) is 0 Å². The van der Waals surface area contributed by atoms with Crippen LogP contribution in [-0.2, 0) is 9.53 Å². The molecule has 0 radical (unpaired) electrons. The number of hydrogen-bond donors (Lipinski definition) is 1. The Balaban J connectivity index is 1.41. The van der Waals surface area contributed by atoms with Crippen molar-refractivity contribution < 1.29 is 9.53 Å². The second-order valence-electron chi connectivity index (χ2n) is 6.88. The van der Waals surface area contributed by atoms with E-state index in [2.05, 4.69) is 16.3 Å². The lowest BCUT2D eigenvalue weighted by atomic mass is 10.0. The van der Waals surface area contributed by atoms with Gasteiger partial charge < -0.3 is 15.0 Å². The minimum atomic E-state index is -0.0648. The van der Waals surface area contributed by atoms with Crippen molar-refractivity contribution in [1.29, 1.82) is 5.26 Å². The molecule has 0 unspecified atom stereocenters. The van der Waals surface area contributed by atoms with Gasteiger partial charge in [-0.25, -0.2) is 0 Å². The highest BCUT2D eigenvalue weighted by atomic mass is 16.5. The molecule has 3 rings (SSSR count). The van der Waals surface area contributed by atoms with Gasteiger partial charge in [-0.3, -0.25) is 4.79 Å². The molecule has 0 spiro atoms. The van der Waals surface area contributed by atoms with Crippen LogP contribution in [0.4, 0.5) is 0 Å². The number of nitriles is 1. The van der Waals surface area contributed by atoms with Gasteiger partial charge in [0, 0.05) is 38.4 Å². The first-order valence-corrected chi connectivity index (χ1v) is 9.02. The summed E-state index contributed by atoms with van der Waals surface area (Å²) in [5.41, 5.74) is 1.46. The van der Waals surface area contributed by atoms with Crippen LogP contribution in [0.5, 0.6) is 0 Å². The number of hydrogen-bond acceptors (Lipinski definition) is 4. The third kappa shape index (κ3) is 5.42. The molecule has 0 bridgehead atoms. The van der Waals surface area contributed by atoms with Crippen molar-refractivity contribution in [3.8, 4) is 6.07 Å². The van der Waals surface area contributed by atoms with Gasteiger partial charge in [0.1, 0.15) is 0 Å². The van der Waals surface area contributed by atoms with Crippen molar-refractivity contribution in [2.45, 2.75) is 25.3 Å². The Kier molecular flexibility index (Phi) is 6.21. The Bertz CT molecular complexity index is 651. The SMILES string of the molecule is N#Cc1cccc(/C=C\C(=O)NC2CCN(C[C@@H]3CCOC3)CC2)c1. The van der Waals surface area contributed by atoms with Gasteiger partial charge in [-0.05, 0) is 49.0 Å². The molecule has 1 aromatic rings. The van der Waals surface area contributed by atoms with Crippen LogP contribution in [-0.4, -0.2) is 49.7 Å². The summed E-state index contributed by atoms with van der Waals surface area (Å²) >= 11 is 0. The molecule has 2 fully saturated rings. The second kappa shape index (κ2) is 8.80. The zero-order valence-electron chi connectivity index (χ0n) is 14.5. The first-order chi connectivity index (χ1) is 12.2. The van der Waals surface area contributed by atoms with E-state index < -0.39 is 0 Å². The van der Waals surface area contributed by atoms with Crippen molar-refractivity contribution >= 4 is 12.0 Å². The summed E-state index contributed by atoms with van der Waals surface area (Å²) < 4.78 is 5.44. The zero-order chi connectivity index (χ0) is 17.5. The molecule has 2 saturated heterocycles. The van der Waals surface area contributed by atoms with E-state index in [1.807, 2.05) is 12.1 Å². The molecule has 5 nitrogen and oxygen atoms in total. The van der Waals surface area contributed by atoms with Gasteiger partial charge in [-0.2, -0.15) is 5.26 Å². The van der Waals surface area contributed by atoms with Gasteiger partial charge in [0.2, 0.25) is 5.91 Å². The maximum atomic E-state index is 12.1. The predicted molar refractivity (Wildman–Crippen MR) is 96.7 cm³/mol. The lowest BCUT2D eigenvalue weighted by Crippen LogP contribution is -2.45. The Hall–Kier alpha value is -2.16. The van der Waals surface area contributed by atoms with Crippen LogP contribution < -0.4 is 5.32 Å². The van der Waals surface area contributed by atoms with E-state index in [0.29, 0.717) is 11.5 Å². The highest BCUT2D eigenvalue weighted by molar-refractivity contribution is 5.91. The number of carbonyl (C=O) groups excluding carboxylic acids is 1. The lowest BCUT2D eigenvalue weighted by Gasteiger charge is -2.33. The average molecular weight is 339 g/mol. The summed E-state index contributed by atoms with van der Waals surface area (Å²) in [4.78, 5) is 14.6. The summed E-state index contributed by atoms with van der Waals surface area (Å²) in [6, 6.07) is 9.58. The van der Waals surface area contributed by atoms with E-state index in [1.165, 1.54) is 6.42 Å². The maximum absolute atomic E-state index is 12.1. The fraction of sp³-hybridized carbons (Fsp3) is 0.500. The van der Waals surface area contributed by atoms with E-state index in [9.17, 15) is 4.79 Å². The summed E-state index contributed by atoms with van der Waals surface area (Å²) in [5, 5.41) is 12.0. The van der Waals surface area contributed by atoms with Gasteiger partial charge in [0.15, 0.2) is 0 Å². The highest BCUT2D eigenvalue weighted by Gasteiger charge is 2.24. The molecule has 132 valence electrons. The quantitative estimate of drug-likeness (QED) is 0.835. The Labute approximate surface area is 149 Å². The van der Waals surface area contributed by atoms with E-state index in [0.717, 1.165) is 51.3 Å². The fourth-order valence-corrected chi connectivity index (χ4v) is 3.49. The molecular weight excluding hydrogens is 314 g/mol. The predicted octanol–water partition coefficient (Wildman–Crippen LogP) is 2.19. The summed E-state index contributed by atoms with van der Waals surface area (Å²) in [6.45, 7) is 5.00. The molecular formula is C20H25N3O2. The van der Waals surface area contributed by atoms with Crippen molar-refractivity contribution in [3.05, 3.63) is 41.5 Å². The van der Waals surface area contributed by atoms with E-state index in [-0.39, 0.29) is 11.9 Å². The van der Waals surface area contributed by atoms with Gasteiger partial charge in [0.05, 0.1) is 18.2 Å². The van der Waals surface area contributed by atoms with Gasteiger partial charge in [0.25, 0.3) is 0 Å². The Morgan fingerprint density at radius 3 is 2.92 bits per heavy atom. The normalized spacial score (nSPS) is 22.1. The van der Waals surface area contributed by atoms with Crippen molar-refractivity contribution in [1.82, 2.24) is 10.2 Å². The second-order valence-corrected chi connectivity index (χ2v) is 6.88. The molecule has 1 N–H and O–H groups in total. The number of ether oxygens (including phenoxy) is 1. The molecule has 0 saturated carbocycles. The minimum Gasteiger partial charge on any atom is -0.381 e. The van der Waals surface area contributed by atoms with Crippen LogP contribution in [0.25, 0.3) is 6.08 Å². The number of likely N-dealkylation sites (tertiary alicyclic amines) is 1. The van der Waals surface area contributed by atoms with E-state index in [4.69, 9.17) is 10.00 Å². The smallest absolute Gasteiger partial charge is 0.244 e. The fourth-order valence-electron chi connectivity index (χ4n) is 3.49. The van der Waals surface area contributed by atoms with Crippen LogP contribution in [0, 0.1) is 17.2 Å². The molecule has 2 aliphatic rings. The van der Waals surface area contributed by atoms with Crippen molar-refractivity contribution in [2.75, 3.05) is 32.8 Å². The van der Waals surface area contributed by atoms with E-state index >= 15 is 0 Å². The molecule has 0 aromatic heterocycles. The number of piperidine rings is 1. The number of nitrogens with one attached hydrogen (secondary N) is 1. The number of carbonyl (C=O) groups is 1. The first kappa shape index (κ1) is 17.7. The molecule has 2 aliphatic heterocycles. The van der Waals surface area contributed by atoms with Crippen molar-refractivity contribution in [2.24, 2.45) is 5.92 Å². The number of amides is 1. The summed E-state index contributed by atoms with van der Waals surface area (Å²) in [7, 11) is 0. The monoisotopic (exact) mass is 339 g/mol. The third-order valence-corrected chi connectivity index (χ3v) is 4.92. The topological polar surface area (TPSA) is 65.4 Å². The van der Waals surface area contributed by atoms with Gasteiger partial charge in [-0.15, -0.1) is 0 Å². The van der Waals surface area contributed by atoms with Gasteiger partial charge >= 0.3 is 0 Å². The van der Waals surface area contributed by atoms with E-state index in [1.54, 1.807) is 24.3 Å². The molecule has 2 heterocycles. The standard InChI is InChI=1S/C20H25N3O2/c21-13-17-3-1-2-16(12-17)4-5-20(24)22-19-6-9-23(10-7-19)14-18-8-11-25-15-18/h1-5,12,18-19H,6-11,14-15H2,(H,22,24)/b5-4-/t18-/m0/s1. The molecule has 1 amide bonds. The Morgan fingerprint density at radius 2 is 2.20 bits per heavy atom. The highest BCUT2D eigenvalue weighted by Crippen LogP contribution is 2.17. The first-order valence-electron chi connectivity index (χ1n) is 9.02. The molecule has 5 heteroatoms. The maximum Gasteiger partial charge on any atom is 0.244 e. The Morgan fingerprint density at radius 1 is 1.36 bits per heavy atom. The molecule has 0 aliphatic carbocycles. The van der Waals surface area contributed by atoms with Crippen LogP contribution in [0.15, 0.2) is 30.3 Å². The molecule has 1 atom stereocenters. The van der Waals surface area contributed by atoms with Crippen LogP contribution in [0.1, 0.15) is 30.4 Å². The summed E-state index contributed by atoms with van der Waals surface area (Å²) in [6.07, 6.45) is 6.48. The summed E-state index contributed by atoms with van der Waals surface area (Å²) in [5.74, 6) is 0.614. The number of rotatable bonds is 5. The van der Waals surface area contributed by atoms with Crippen LogP contribution in [0.2, 0.25) is 0 Å². The van der Waals surface area contributed by atoms with Crippen LogP contribution >= 0.6 is 0 Å². The zero-order valence-corrected chi connectivity index (χ0v) is 14.5. The number of benzene rings is 1. The molecule has 25 heavy (non-hydrogen) atoms. The van der Waals surface area contributed by atoms with Crippen LogP contribution in [0.3, 0.4) is 0 Å². The molecule has 1 aromatic carbocycles. The largest absolute Gasteiger partial charge is 0.381 e. The minimum absolute atomic E-state index is 0.0648. The third-order valence-electron chi connectivity index (χ3n) is 4.92.